The van der Waals surface area contributed by atoms with Crippen LogP contribution in [0.1, 0.15) is 16.7 Å². The van der Waals surface area contributed by atoms with Gasteiger partial charge in [-0.3, -0.25) is 0 Å². The van der Waals surface area contributed by atoms with E-state index in [0.29, 0.717) is 23.1 Å². The first-order chi connectivity index (χ1) is 15.8. The fraction of sp³-hybridized carbons (Fsp3) is 0.130. The predicted octanol–water partition coefficient (Wildman–Crippen LogP) is 5.35. The first-order valence-corrected chi connectivity index (χ1v) is 12.3. The summed E-state index contributed by atoms with van der Waals surface area (Å²) in [4.78, 5) is 4.51. The highest BCUT2D eigenvalue weighted by molar-refractivity contribution is 7.90. The highest BCUT2D eigenvalue weighted by Crippen LogP contribution is 2.21. The monoisotopic (exact) mass is 501 g/mol. The molecule has 0 amide bonds. The maximum Gasteiger partial charge on any atom is 0.286 e. The second-order valence-corrected chi connectivity index (χ2v) is 10.0. The van der Waals surface area contributed by atoms with E-state index in [2.05, 4.69) is 20.7 Å². The van der Waals surface area contributed by atoms with Gasteiger partial charge in [0.05, 0.1) is 4.90 Å². The van der Waals surface area contributed by atoms with E-state index < -0.39 is 10.0 Å². The molecule has 170 valence electrons. The summed E-state index contributed by atoms with van der Waals surface area (Å²) < 4.78 is 27.5. The number of halogens is 2. The number of hydrogen-bond donors (Lipinski definition) is 2. The Labute approximate surface area is 202 Å². The number of aromatic nitrogens is 3. The van der Waals surface area contributed by atoms with Crippen LogP contribution in [0.5, 0.6) is 0 Å². The third-order valence-corrected chi connectivity index (χ3v) is 6.93. The second kappa shape index (κ2) is 9.82. The van der Waals surface area contributed by atoms with E-state index >= 15 is 0 Å². The number of anilines is 2. The van der Waals surface area contributed by atoms with Crippen LogP contribution in [-0.2, 0) is 23.1 Å². The Hall–Kier alpha value is -3.07. The standard InChI is InChI=1S/C23H21Cl2N5O2S/c1-16-2-12-21(13-3-16)33(31,32)30-23(27-15-18-6-10-20(25)11-7-18)28-22(29-30)26-14-17-4-8-19(24)9-5-17/h2-13H,14-15H2,1H3,(H2,26,27,28,29). The molecule has 0 saturated carbocycles. The van der Waals surface area contributed by atoms with Crippen LogP contribution in [0.2, 0.25) is 10.0 Å². The second-order valence-electron chi connectivity index (χ2n) is 7.38. The number of benzene rings is 3. The number of hydrogen-bond acceptors (Lipinski definition) is 6. The molecule has 0 unspecified atom stereocenters. The van der Waals surface area contributed by atoms with Gasteiger partial charge >= 0.3 is 0 Å². The summed E-state index contributed by atoms with van der Waals surface area (Å²) in [6.07, 6.45) is 0. The van der Waals surface area contributed by atoms with Crippen LogP contribution in [0.3, 0.4) is 0 Å². The molecule has 0 radical (unpaired) electrons. The molecule has 10 heteroatoms. The van der Waals surface area contributed by atoms with Gasteiger partial charge in [0.15, 0.2) is 0 Å². The Morgan fingerprint density at radius 3 is 1.85 bits per heavy atom. The molecule has 0 spiro atoms. The minimum atomic E-state index is -3.96. The van der Waals surface area contributed by atoms with Crippen molar-refractivity contribution in [1.29, 1.82) is 0 Å². The van der Waals surface area contributed by atoms with E-state index in [9.17, 15) is 8.42 Å². The summed E-state index contributed by atoms with van der Waals surface area (Å²) in [7, 11) is -3.96. The van der Waals surface area contributed by atoms with Gasteiger partial charge in [-0.05, 0) is 54.4 Å². The fourth-order valence-corrected chi connectivity index (χ4v) is 4.47. The predicted molar refractivity (Wildman–Crippen MR) is 131 cm³/mol. The molecule has 0 aliphatic heterocycles. The molecule has 0 aliphatic rings. The summed E-state index contributed by atoms with van der Waals surface area (Å²) in [5, 5.41) is 11.6. The molecule has 33 heavy (non-hydrogen) atoms. The molecule has 3 aromatic carbocycles. The van der Waals surface area contributed by atoms with Crippen LogP contribution in [-0.4, -0.2) is 22.6 Å². The smallest absolute Gasteiger partial charge is 0.286 e. The molecule has 1 aromatic heterocycles. The highest BCUT2D eigenvalue weighted by Gasteiger charge is 2.24. The van der Waals surface area contributed by atoms with Crippen LogP contribution in [0.4, 0.5) is 11.9 Å². The summed E-state index contributed by atoms with van der Waals surface area (Å²) in [6, 6.07) is 21.1. The van der Waals surface area contributed by atoms with Gasteiger partial charge in [-0.2, -0.15) is 13.4 Å². The van der Waals surface area contributed by atoms with E-state index in [-0.39, 0.29) is 16.8 Å². The van der Waals surface area contributed by atoms with Crippen LogP contribution in [0.15, 0.2) is 77.7 Å². The summed E-state index contributed by atoms with van der Waals surface area (Å²) in [5.41, 5.74) is 2.82. The van der Waals surface area contributed by atoms with Crippen molar-refractivity contribution in [3.63, 3.8) is 0 Å². The van der Waals surface area contributed by atoms with E-state index in [1.807, 2.05) is 31.2 Å². The van der Waals surface area contributed by atoms with Crippen LogP contribution < -0.4 is 10.6 Å². The molecular weight excluding hydrogens is 481 g/mol. The van der Waals surface area contributed by atoms with Gasteiger partial charge in [-0.15, -0.1) is 9.19 Å². The number of nitrogens with zero attached hydrogens (tertiary/aromatic N) is 3. The summed E-state index contributed by atoms with van der Waals surface area (Å²) in [6.45, 7) is 2.64. The van der Waals surface area contributed by atoms with E-state index in [4.69, 9.17) is 23.2 Å². The van der Waals surface area contributed by atoms with Gasteiger partial charge in [0.25, 0.3) is 10.0 Å². The summed E-state index contributed by atoms with van der Waals surface area (Å²) >= 11 is 11.9. The maximum absolute atomic E-state index is 13.3. The van der Waals surface area contributed by atoms with Gasteiger partial charge in [-0.1, -0.05) is 65.2 Å². The Balaban J connectivity index is 1.62. The normalized spacial score (nSPS) is 11.4. The lowest BCUT2D eigenvalue weighted by Gasteiger charge is -2.09. The molecule has 4 aromatic rings. The topological polar surface area (TPSA) is 88.9 Å². The molecule has 4 rings (SSSR count). The van der Waals surface area contributed by atoms with E-state index in [0.717, 1.165) is 20.8 Å². The number of nitrogens with one attached hydrogen (secondary N) is 2. The molecule has 2 N–H and O–H groups in total. The quantitative estimate of drug-likeness (QED) is 0.338. The molecule has 0 bridgehead atoms. The molecule has 0 atom stereocenters. The summed E-state index contributed by atoms with van der Waals surface area (Å²) in [5.74, 6) is 0.281. The third kappa shape index (κ3) is 5.65. The van der Waals surface area contributed by atoms with Crippen molar-refractivity contribution >= 4 is 45.1 Å². The molecule has 7 nitrogen and oxygen atoms in total. The Morgan fingerprint density at radius 2 is 1.30 bits per heavy atom. The Morgan fingerprint density at radius 1 is 0.788 bits per heavy atom. The zero-order valence-electron chi connectivity index (χ0n) is 17.7. The van der Waals surface area contributed by atoms with Crippen LogP contribution in [0.25, 0.3) is 0 Å². The van der Waals surface area contributed by atoms with Crippen molar-refractivity contribution in [1.82, 2.24) is 14.2 Å². The zero-order valence-corrected chi connectivity index (χ0v) is 20.0. The van der Waals surface area contributed by atoms with Crippen LogP contribution >= 0.6 is 23.2 Å². The lowest BCUT2D eigenvalue weighted by molar-refractivity contribution is 0.580. The molecule has 0 aliphatic carbocycles. The lowest BCUT2D eigenvalue weighted by Crippen LogP contribution is -2.18. The maximum atomic E-state index is 13.3. The van der Waals surface area contributed by atoms with E-state index in [1.165, 1.54) is 0 Å². The van der Waals surface area contributed by atoms with Gasteiger partial charge in [0.1, 0.15) is 0 Å². The van der Waals surface area contributed by atoms with Crippen molar-refractivity contribution in [3.8, 4) is 0 Å². The third-order valence-electron chi connectivity index (χ3n) is 4.85. The van der Waals surface area contributed by atoms with Gasteiger partial charge in [-0.25, -0.2) is 0 Å². The molecule has 0 fully saturated rings. The van der Waals surface area contributed by atoms with Crippen molar-refractivity contribution < 1.29 is 8.42 Å². The van der Waals surface area contributed by atoms with Crippen molar-refractivity contribution in [2.75, 3.05) is 10.6 Å². The van der Waals surface area contributed by atoms with Crippen molar-refractivity contribution in [2.24, 2.45) is 0 Å². The van der Waals surface area contributed by atoms with Crippen molar-refractivity contribution in [2.45, 2.75) is 24.9 Å². The minimum absolute atomic E-state index is 0.101. The SMILES string of the molecule is Cc1ccc(S(=O)(=O)n2nc(NCc3ccc(Cl)cc3)nc2NCc2ccc(Cl)cc2)cc1. The minimum Gasteiger partial charge on any atom is -0.349 e. The first-order valence-electron chi connectivity index (χ1n) is 10.1. The van der Waals surface area contributed by atoms with Gasteiger partial charge < -0.3 is 10.6 Å². The Bertz CT molecular complexity index is 1340. The molecule has 1 heterocycles. The van der Waals surface area contributed by atoms with Gasteiger partial charge in [0, 0.05) is 23.1 Å². The average Bonchev–Trinajstić information content (AvgIpc) is 3.23. The number of rotatable bonds is 8. The average molecular weight is 502 g/mol. The van der Waals surface area contributed by atoms with Gasteiger partial charge in [0.2, 0.25) is 11.9 Å². The molecule has 0 saturated heterocycles. The van der Waals surface area contributed by atoms with Crippen molar-refractivity contribution in [3.05, 3.63) is 99.5 Å². The fourth-order valence-electron chi connectivity index (χ4n) is 3.03. The molecular formula is C23H21Cl2N5O2S. The van der Waals surface area contributed by atoms with Crippen LogP contribution in [0, 0.1) is 6.92 Å². The highest BCUT2D eigenvalue weighted by atomic mass is 35.5. The lowest BCUT2D eigenvalue weighted by atomic mass is 10.2. The zero-order chi connectivity index (χ0) is 23.4. The first kappa shape index (κ1) is 23.1. The van der Waals surface area contributed by atoms with E-state index in [1.54, 1.807) is 48.5 Å². The largest absolute Gasteiger partial charge is 0.349 e. The number of aryl methyl sites for hydroxylation is 1. The Kier molecular flexibility index (Phi) is 6.88.